The van der Waals surface area contributed by atoms with Crippen LogP contribution >= 0.6 is 0 Å². The molecule has 5 rings (SSSR count). The molecule has 0 amide bonds. The van der Waals surface area contributed by atoms with Gasteiger partial charge in [0.1, 0.15) is 16.6 Å². The van der Waals surface area contributed by atoms with Gasteiger partial charge in [0, 0.05) is 0 Å². The van der Waals surface area contributed by atoms with Gasteiger partial charge in [0.25, 0.3) is 0 Å². The maximum atomic E-state index is 4.57. The minimum absolute atomic E-state index is 0.623. The Balaban J connectivity index is 1.49. The molecule has 0 fully saturated rings. The van der Waals surface area contributed by atoms with Crippen LogP contribution in [-0.4, -0.2) is 30.0 Å². The average molecular weight is 340 g/mol. The van der Waals surface area contributed by atoms with E-state index in [1.165, 1.54) is 11.1 Å². The molecular formula is C20H16N6. The molecule has 6 heteroatoms. The third-order valence-electron chi connectivity index (χ3n) is 4.50. The average Bonchev–Trinajstić information content (AvgIpc) is 3.27. The van der Waals surface area contributed by atoms with E-state index in [1.807, 2.05) is 65.3 Å². The zero-order valence-corrected chi connectivity index (χ0v) is 14.0. The summed E-state index contributed by atoms with van der Waals surface area (Å²) in [6.45, 7) is 1.29. The van der Waals surface area contributed by atoms with Crippen molar-refractivity contribution in [1.29, 1.82) is 0 Å². The normalized spacial score (nSPS) is 11.4. The van der Waals surface area contributed by atoms with Gasteiger partial charge in [-0.1, -0.05) is 53.7 Å². The topological polar surface area (TPSA) is 61.4 Å². The summed E-state index contributed by atoms with van der Waals surface area (Å²) in [4.78, 5) is 1.75. The molecule has 3 aromatic carbocycles. The molecule has 0 aliphatic heterocycles. The van der Waals surface area contributed by atoms with Crippen molar-refractivity contribution in [1.82, 2.24) is 30.0 Å². The first kappa shape index (κ1) is 14.8. The Morgan fingerprint density at radius 1 is 0.615 bits per heavy atom. The largest absolute Gasteiger partial charge is 0.240 e. The van der Waals surface area contributed by atoms with Crippen LogP contribution < -0.4 is 0 Å². The molecule has 0 spiro atoms. The Kier molecular flexibility index (Phi) is 3.45. The number of fused-ring (bicyclic) bond motifs is 2. The van der Waals surface area contributed by atoms with Crippen LogP contribution in [0.3, 0.4) is 0 Å². The van der Waals surface area contributed by atoms with E-state index in [9.17, 15) is 0 Å². The number of rotatable bonds is 4. The van der Waals surface area contributed by atoms with E-state index >= 15 is 0 Å². The molecule has 0 aliphatic rings. The Morgan fingerprint density at radius 2 is 1.19 bits per heavy atom. The molecule has 2 heterocycles. The van der Waals surface area contributed by atoms with E-state index in [0.29, 0.717) is 13.1 Å². The highest BCUT2D eigenvalue weighted by Gasteiger charge is 2.09. The maximum absolute atomic E-state index is 4.57. The Morgan fingerprint density at radius 3 is 1.92 bits per heavy atom. The molecule has 0 bridgehead atoms. The zero-order chi connectivity index (χ0) is 17.3. The first-order chi connectivity index (χ1) is 12.9. The third kappa shape index (κ3) is 2.61. The number of para-hydroxylation sites is 1. The summed E-state index contributed by atoms with van der Waals surface area (Å²) in [5.41, 5.74) is 6.12. The molecule has 0 unspecified atom stereocenters. The fraction of sp³-hybridized carbons (Fsp3) is 0.100. The van der Waals surface area contributed by atoms with Crippen molar-refractivity contribution in [3.63, 3.8) is 0 Å². The smallest absolute Gasteiger partial charge is 0.113 e. The van der Waals surface area contributed by atoms with Gasteiger partial charge < -0.3 is 0 Å². The molecular weight excluding hydrogens is 324 g/mol. The van der Waals surface area contributed by atoms with Gasteiger partial charge in [-0.25, -0.2) is 4.68 Å². The summed E-state index contributed by atoms with van der Waals surface area (Å²) in [6, 6.07) is 24.2. The van der Waals surface area contributed by atoms with Crippen LogP contribution in [0.15, 0.2) is 72.8 Å². The van der Waals surface area contributed by atoms with Crippen molar-refractivity contribution < 1.29 is 0 Å². The molecule has 2 aromatic heterocycles. The van der Waals surface area contributed by atoms with Gasteiger partial charge in [-0.15, -0.1) is 5.10 Å². The van der Waals surface area contributed by atoms with Gasteiger partial charge in [-0.3, -0.25) is 0 Å². The Hall–Kier alpha value is -3.54. The highest BCUT2D eigenvalue weighted by Crippen LogP contribution is 2.16. The Bertz CT molecular complexity index is 1170. The summed E-state index contributed by atoms with van der Waals surface area (Å²) in [6.07, 6.45) is 0. The monoisotopic (exact) mass is 340 g/mol. The van der Waals surface area contributed by atoms with Crippen molar-refractivity contribution in [2.24, 2.45) is 0 Å². The van der Waals surface area contributed by atoms with Crippen LogP contribution in [0.4, 0.5) is 0 Å². The summed E-state index contributed by atoms with van der Waals surface area (Å²) >= 11 is 0. The van der Waals surface area contributed by atoms with Crippen LogP contribution in [0.5, 0.6) is 0 Å². The predicted octanol–water partition coefficient (Wildman–Crippen LogP) is 3.27. The predicted molar refractivity (Wildman–Crippen MR) is 99.7 cm³/mol. The van der Waals surface area contributed by atoms with E-state index in [0.717, 1.165) is 22.1 Å². The number of aromatic nitrogens is 6. The molecule has 0 N–H and O–H groups in total. The maximum Gasteiger partial charge on any atom is 0.113 e. The van der Waals surface area contributed by atoms with E-state index in [1.54, 1.807) is 4.80 Å². The van der Waals surface area contributed by atoms with Crippen molar-refractivity contribution >= 4 is 22.1 Å². The zero-order valence-electron chi connectivity index (χ0n) is 14.0. The van der Waals surface area contributed by atoms with Gasteiger partial charge in [0.15, 0.2) is 0 Å². The van der Waals surface area contributed by atoms with Crippen molar-refractivity contribution in [3.8, 4) is 0 Å². The lowest BCUT2D eigenvalue weighted by Gasteiger charge is -2.09. The number of hydrogen-bond acceptors (Lipinski definition) is 4. The molecule has 5 aromatic rings. The van der Waals surface area contributed by atoms with Crippen LogP contribution in [0, 0.1) is 0 Å². The highest BCUT2D eigenvalue weighted by atomic mass is 15.5. The number of nitrogens with zero attached hydrogens (tertiary/aromatic N) is 6. The van der Waals surface area contributed by atoms with Crippen LogP contribution in [-0.2, 0) is 13.1 Å². The summed E-state index contributed by atoms with van der Waals surface area (Å²) in [5.74, 6) is 0. The van der Waals surface area contributed by atoms with E-state index in [2.05, 4.69) is 32.6 Å². The van der Waals surface area contributed by atoms with Gasteiger partial charge in [0.2, 0.25) is 0 Å². The third-order valence-corrected chi connectivity index (χ3v) is 4.50. The fourth-order valence-electron chi connectivity index (χ4n) is 3.19. The minimum Gasteiger partial charge on any atom is -0.240 e. The van der Waals surface area contributed by atoms with Gasteiger partial charge in [-0.2, -0.15) is 15.0 Å². The second-order valence-corrected chi connectivity index (χ2v) is 6.22. The van der Waals surface area contributed by atoms with Gasteiger partial charge >= 0.3 is 0 Å². The SMILES string of the molecule is c1ccc(Cn2nnc3ccccc32)c(Cn2nc3ccccc3n2)c1. The van der Waals surface area contributed by atoms with Crippen LogP contribution in [0.1, 0.15) is 11.1 Å². The summed E-state index contributed by atoms with van der Waals surface area (Å²) < 4.78 is 1.93. The summed E-state index contributed by atoms with van der Waals surface area (Å²) in [5, 5.41) is 17.7. The molecule has 0 aliphatic carbocycles. The van der Waals surface area contributed by atoms with Gasteiger partial charge in [0.05, 0.1) is 18.6 Å². The lowest BCUT2D eigenvalue weighted by Crippen LogP contribution is -2.09. The highest BCUT2D eigenvalue weighted by molar-refractivity contribution is 5.74. The second-order valence-electron chi connectivity index (χ2n) is 6.22. The molecule has 126 valence electrons. The molecule has 0 saturated carbocycles. The minimum atomic E-state index is 0.623. The first-order valence-corrected chi connectivity index (χ1v) is 8.52. The molecule has 0 radical (unpaired) electrons. The lowest BCUT2D eigenvalue weighted by molar-refractivity contribution is 0.590. The second kappa shape index (κ2) is 6.07. The van der Waals surface area contributed by atoms with E-state index in [-0.39, 0.29) is 0 Å². The first-order valence-electron chi connectivity index (χ1n) is 8.52. The molecule has 6 nitrogen and oxygen atoms in total. The van der Waals surface area contributed by atoms with Crippen molar-refractivity contribution in [3.05, 3.63) is 83.9 Å². The number of hydrogen-bond donors (Lipinski definition) is 0. The quantitative estimate of drug-likeness (QED) is 0.504. The standard InChI is InChI=1S/C20H16N6/c1-2-8-16(14-26-22-17-9-3-4-10-18(17)23-26)15(7-1)13-25-20-12-6-5-11-19(20)21-24-25/h1-12H,13-14H2. The molecule has 0 saturated heterocycles. The Labute approximate surface area is 149 Å². The van der Waals surface area contributed by atoms with E-state index in [4.69, 9.17) is 0 Å². The van der Waals surface area contributed by atoms with Crippen LogP contribution in [0.2, 0.25) is 0 Å². The van der Waals surface area contributed by atoms with Crippen molar-refractivity contribution in [2.75, 3.05) is 0 Å². The summed E-state index contributed by atoms with van der Waals surface area (Å²) in [7, 11) is 0. The van der Waals surface area contributed by atoms with Crippen LogP contribution in [0.25, 0.3) is 22.1 Å². The van der Waals surface area contributed by atoms with Gasteiger partial charge in [-0.05, 0) is 35.4 Å². The number of benzene rings is 3. The molecule has 0 atom stereocenters. The molecule has 26 heavy (non-hydrogen) atoms. The lowest BCUT2D eigenvalue weighted by atomic mass is 10.1. The van der Waals surface area contributed by atoms with Crippen molar-refractivity contribution in [2.45, 2.75) is 13.1 Å². The van der Waals surface area contributed by atoms with E-state index < -0.39 is 0 Å². The fourth-order valence-corrected chi connectivity index (χ4v) is 3.19.